The second-order valence-corrected chi connectivity index (χ2v) is 9.71. The number of furan rings is 1. The number of rotatable bonds is 7. The molecule has 0 atom stereocenters. The van der Waals surface area contributed by atoms with Gasteiger partial charge in [0, 0.05) is 40.7 Å². The van der Waals surface area contributed by atoms with Gasteiger partial charge in [-0.2, -0.15) is 5.26 Å². The molecule has 1 aromatic carbocycles. The van der Waals surface area contributed by atoms with Crippen LogP contribution in [-0.2, 0) is 10.0 Å². The van der Waals surface area contributed by atoms with Crippen molar-refractivity contribution in [2.24, 2.45) is 0 Å². The van der Waals surface area contributed by atoms with Crippen LogP contribution in [0.15, 0.2) is 94.5 Å². The molecule has 0 amide bonds. The highest BCUT2D eigenvalue weighted by Crippen LogP contribution is 2.37. The Hall–Kier alpha value is -4.53. The minimum Gasteiger partial charge on any atom is -0.472 e. The average molecular weight is 502 g/mol. The molecule has 35 heavy (non-hydrogen) atoms. The first kappa shape index (κ1) is 22.3. The van der Waals surface area contributed by atoms with E-state index in [0.717, 1.165) is 22.5 Å². The van der Waals surface area contributed by atoms with Gasteiger partial charge >= 0.3 is 0 Å². The molecule has 9 nitrogen and oxygen atoms in total. The standard InChI is InChI=1S/C24H15N5O4S2/c25-12-18-10-19(35(30,31)29-24-27-7-9-34-24)3-4-22(18)33-23-14-28-21(16-2-1-6-26-13-16)11-20(23)17-5-8-32-15-17/h1-11,13-15H,(H,27,29). The summed E-state index contributed by atoms with van der Waals surface area (Å²) in [6.45, 7) is 0. The van der Waals surface area contributed by atoms with Crippen molar-refractivity contribution in [2.45, 2.75) is 4.90 Å². The molecule has 5 rings (SSSR count). The summed E-state index contributed by atoms with van der Waals surface area (Å²) in [5.41, 5.74) is 2.97. The molecule has 0 spiro atoms. The molecule has 0 radical (unpaired) electrons. The van der Waals surface area contributed by atoms with Gasteiger partial charge in [-0.1, -0.05) is 0 Å². The fraction of sp³-hybridized carbons (Fsp3) is 0. The summed E-state index contributed by atoms with van der Waals surface area (Å²) in [5, 5.41) is 11.6. The predicted molar refractivity (Wildman–Crippen MR) is 129 cm³/mol. The highest BCUT2D eigenvalue weighted by molar-refractivity contribution is 7.93. The quantitative estimate of drug-likeness (QED) is 0.317. The van der Waals surface area contributed by atoms with Crippen LogP contribution in [0.2, 0.25) is 0 Å². The molecule has 0 saturated heterocycles. The van der Waals surface area contributed by atoms with Gasteiger partial charge in [0.25, 0.3) is 10.0 Å². The van der Waals surface area contributed by atoms with Crippen molar-refractivity contribution in [3.05, 3.63) is 90.7 Å². The van der Waals surface area contributed by atoms with Crippen molar-refractivity contribution in [2.75, 3.05) is 4.72 Å². The van der Waals surface area contributed by atoms with Gasteiger partial charge in [0.2, 0.25) is 0 Å². The van der Waals surface area contributed by atoms with E-state index in [-0.39, 0.29) is 21.3 Å². The number of pyridine rings is 2. The number of nitrogens with zero attached hydrogens (tertiary/aromatic N) is 4. The lowest BCUT2D eigenvalue weighted by atomic mass is 10.1. The van der Waals surface area contributed by atoms with Gasteiger partial charge in [0.1, 0.15) is 11.8 Å². The average Bonchev–Trinajstić information content (AvgIpc) is 3.59. The summed E-state index contributed by atoms with van der Waals surface area (Å²) in [5.74, 6) is 0.549. The lowest BCUT2D eigenvalue weighted by Gasteiger charge is -2.13. The van der Waals surface area contributed by atoms with Gasteiger partial charge in [0.15, 0.2) is 10.9 Å². The van der Waals surface area contributed by atoms with Crippen LogP contribution < -0.4 is 9.46 Å². The van der Waals surface area contributed by atoms with Crippen LogP contribution >= 0.6 is 11.3 Å². The number of hydrogen-bond acceptors (Lipinski definition) is 9. The first-order valence-electron chi connectivity index (χ1n) is 10.1. The molecule has 4 aromatic heterocycles. The number of nitrogens with one attached hydrogen (secondary N) is 1. The Morgan fingerprint density at radius 3 is 2.66 bits per heavy atom. The number of sulfonamides is 1. The smallest absolute Gasteiger partial charge is 0.263 e. The topological polar surface area (TPSA) is 131 Å². The van der Waals surface area contributed by atoms with E-state index in [0.29, 0.717) is 17.0 Å². The number of nitriles is 1. The molecular formula is C24H15N5O4S2. The zero-order valence-electron chi connectivity index (χ0n) is 17.8. The zero-order valence-corrected chi connectivity index (χ0v) is 19.5. The first-order valence-corrected chi connectivity index (χ1v) is 12.5. The van der Waals surface area contributed by atoms with Crippen LogP contribution in [0.25, 0.3) is 22.4 Å². The normalized spacial score (nSPS) is 11.1. The van der Waals surface area contributed by atoms with E-state index >= 15 is 0 Å². The lowest BCUT2D eigenvalue weighted by Crippen LogP contribution is -2.13. The third-order valence-electron chi connectivity index (χ3n) is 4.91. The molecule has 0 saturated carbocycles. The minimum absolute atomic E-state index is 0.0430. The van der Waals surface area contributed by atoms with Gasteiger partial charge in [0.05, 0.1) is 34.9 Å². The zero-order chi connectivity index (χ0) is 24.3. The van der Waals surface area contributed by atoms with Gasteiger partial charge < -0.3 is 9.15 Å². The molecule has 0 aliphatic rings. The fourth-order valence-corrected chi connectivity index (χ4v) is 5.07. The Labute approximate surface area is 204 Å². The lowest BCUT2D eigenvalue weighted by molar-refractivity contribution is 0.480. The number of benzene rings is 1. The molecule has 0 fully saturated rings. The van der Waals surface area contributed by atoms with Gasteiger partial charge in [-0.15, -0.1) is 11.3 Å². The second kappa shape index (κ2) is 9.38. The van der Waals surface area contributed by atoms with Crippen molar-refractivity contribution in [1.82, 2.24) is 15.0 Å². The Kier molecular flexibility index (Phi) is 5.97. The highest BCUT2D eigenvalue weighted by atomic mass is 32.2. The predicted octanol–water partition coefficient (Wildman–Crippen LogP) is 5.32. The summed E-state index contributed by atoms with van der Waals surface area (Å²) in [6, 6.07) is 13.4. The van der Waals surface area contributed by atoms with E-state index in [2.05, 4.69) is 19.7 Å². The Bertz CT molecular complexity index is 1610. The third kappa shape index (κ3) is 4.74. The van der Waals surface area contributed by atoms with Crippen molar-refractivity contribution in [3.63, 3.8) is 0 Å². The van der Waals surface area contributed by atoms with E-state index in [1.807, 2.05) is 24.3 Å². The summed E-state index contributed by atoms with van der Waals surface area (Å²) < 4.78 is 39.1. The summed E-state index contributed by atoms with van der Waals surface area (Å²) in [4.78, 5) is 12.5. The number of hydrogen-bond donors (Lipinski definition) is 1. The van der Waals surface area contributed by atoms with Crippen molar-refractivity contribution in [1.29, 1.82) is 5.26 Å². The second-order valence-electron chi connectivity index (χ2n) is 7.13. The number of aromatic nitrogens is 3. The number of anilines is 1. The largest absolute Gasteiger partial charge is 0.472 e. The van der Waals surface area contributed by atoms with Crippen LogP contribution in [0, 0.1) is 11.3 Å². The van der Waals surface area contributed by atoms with Crippen LogP contribution in [-0.4, -0.2) is 23.4 Å². The van der Waals surface area contributed by atoms with Gasteiger partial charge in [-0.3, -0.25) is 14.7 Å². The molecule has 0 bridgehead atoms. The van der Waals surface area contributed by atoms with Crippen LogP contribution in [0.3, 0.4) is 0 Å². The molecule has 11 heteroatoms. The maximum atomic E-state index is 12.7. The monoisotopic (exact) mass is 501 g/mol. The summed E-state index contributed by atoms with van der Waals surface area (Å²) in [7, 11) is -3.92. The van der Waals surface area contributed by atoms with E-state index in [4.69, 9.17) is 9.15 Å². The van der Waals surface area contributed by atoms with Crippen molar-refractivity contribution < 1.29 is 17.6 Å². The molecule has 1 N–H and O–H groups in total. The highest BCUT2D eigenvalue weighted by Gasteiger charge is 2.19. The maximum Gasteiger partial charge on any atom is 0.263 e. The molecule has 0 unspecified atom stereocenters. The number of ether oxygens (including phenoxy) is 1. The van der Waals surface area contributed by atoms with E-state index < -0.39 is 10.0 Å². The van der Waals surface area contributed by atoms with Gasteiger partial charge in [-0.05, 0) is 42.5 Å². The fourth-order valence-electron chi connectivity index (χ4n) is 3.26. The number of thiazole rings is 1. The van der Waals surface area contributed by atoms with E-state index in [1.54, 1.807) is 42.6 Å². The summed E-state index contributed by atoms with van der Waals surface area (Å²) >= 11 is 1.15. The molecule has 4 heterocycles. The first-order chi connectivity index (χ1) is 17.0. The molecule has 0 aliphatic carbocycles. The molecular weight excluding hydrogens is 486 g/mol. The van der Waals surface area contributed by atoms with E-state index in [1.165, 1.54) is 24.4 Å². The minimum atomic E-state index is -3.92. The SMILES string of the molecule is N#Cc1cc(S(=O)(=O)Nc2nccs2)ccc1Oc1cnc(-c2cccnc2)cc1-c1ccoc1. The molecule has 0 aliphatic heterocycles. The van der Waals surface area contributed by atoms with Crippen molar-refractivity contribution >= 4 is 26.5 Å². The molecule has 5 aromatic rings. The van der Waals surface area contributed by atoms with Crippen LogP contribution in [0.1, 0.15) is 5.56 Å². The maximum absolute atomic E-state index is 12.7. The third-order valence-corrected chi connectivity index (χ3v) is 7.07. The molecule has 172 valence electrons. The van der Waals surface area contributed by atoms with Crippen molar-refractivity contribution in [3.8, 4) is 40.0 Å². The van der Waals surface area contributed by atoms with Crippen LogP contribution in [0.4, 0.5) is 5.13 Å². The Balaban J connectivity index is 1.50. The Morgan fingerprint density at radius 1 is 1.03 bits per heavy atom. The van der Waals surface area contributed by atoms with Gasteiger partial charge in [-0.25, -0.2) is 13.4 Å². The summed E-state index contributed by atoms with van der Waals surface area (Å²) in [6.07, 6.45) is 9.53. The van der Waals surface area contributed by atoms with Crippen LogP contribution in [0.5, 0.6) is 11.5 Å². The van der Waals surface area contributed by atoms with E-state index in [9.17, 15) is 13.7 Å². The Morgan fingerprint density at radius 2 is 1.94 bits per heavy atom.